The minimum atomic E-state index is -4.07. The molecule has 0 aliphatic carbocycles. The van der Waals surface area contributed by atoms with Gasteiger partial charge in [-0.1, -0.05) is 29.8 Å². The number of anilines is 2. The molecule has 6 N–H and O–H groups in total. The molecule has 0 bridgehead atoms. The number of carbonyl (C=O) groups excluding carboxylic acids is 1. The third-order valence-electron chi connectivity index (χ3n) is 6.70. The number of carbonyl (C=O) groups is 1. The van der Waals surface area contributed by atoms with Gasteiger partial charge in [-0.3, -0.25) is 4.90 Å². The van der Waals surface area contributed by atoms with Crippen LogP contribution in [0.25, 0.3) is 0 Å². The minimum Gasteiger partial charge on any atom is -0.508 e. The van der Waals surface area contributed by atoms with E-state index in [2.05, 4.69) is 0 Å². The van der Waals surface area contributed by atoms with Gasteiger partial charge in [0.15, 0.2) is 10.7 Å². The van der Waals surface area contributed by atoms with Gasteiger partial charge in [0.05, 0.1) is 32.4 Å². The Morgan fingerprint density at radius 2 is 1.65 bits per heavy atom. The van der Waals surface area contributed by atoms with Gasteiger partial charge >= 0.3 is 5.97 Å². The standard InChI is InChI=1S/C27H18ClN3O7S2/c28-19-12-15(40(30,35)36)6-8-20(19)31(26(29)39)21-9-14(33)11-23-24(21)27(18-7-5-13(32)10-22(18)37-23)17-4-2-1-3-16(17)25(34)38-27/h1-12,32-33H,(H2,29,39)(H2,30,35,36). The van der Waals surface area contributed by atoms with Crippen LogP contribution >= 0.6 is 23.8 Å². The van der Waals surface area contributed by atoms with Crippen molar-refractivity contribution in [3.8, 4) is 23.0 Å². The Morgan fingerprint density at radius 3 is 2.35 bits per heavy atom. The molecule has 1 spiro atoms. The van der Waals surface area contributed by atoms with E-state index in [1.807, 2.05) is 0 Å². The van der Waals surface area contributed by atoms with Crippen LogP contribution in [0.3, 0.4) is 0 Å². The Bertz CT molecular complexity index is 1900. The lowest BCUT2D eigenvalue weighted by molar-refractivity contribution is 0.0226. The molecule has 6 rings (SSSR count). The number of nitrogens with zero attached hydrogens (tertiary/aromatic N) is 1. The number of sulfonamides is 1. The number of halogens is 1. The average Bonchev–Trinajstić information content (AvgIpc) is 3.16. The van der Waals surface area contributed by atoms with Gasteiger partial charge in [0.1, 0.15) is 23.0 Å². The topological polar surface area (TPSA) is 165 Å². The summed E-state index contributed by atoms with van der Waals surface area (Å²) in [6, 6.07) is 17.5. The number of thiocarbonyl (C=S) groups is 1. The Hall–Kier alpha value is -4.36. The predicted octanol–water partition coefficient (Wildman–Crippen LogP) is 4.35. The highest BCUT2D eigenvalue weighted by molar-refractivity contribution is 7.89. The van der Waals surface area contributed by atoms with Crippen molar-refractivity contribution >= 4 is 56.3 Å². The predicted molar refractivity (Wildman–Crippen MR) is 150 cm³/mol. The maximum absolute atomic E-state index is 13.2. The fourth-order valence-corrected chi connectivity index (χ4v) is 6.22. The van der Waals surface area contributed by atoms with Crippen molar-refractivity contribution in [2.24, 2.45) is 10.9 Å². The van der Waals surface area contributed by atoms with Crippen molar-refractivity contribution in [1.29, 1.82) is 0 Å². The zero-order valence-electron chi connectivity index (χ0n) is 20.2. The second-order valence-electron chi connectivity index (χ2n) is 9.07. The second kappa shape index (κ2) is 8.83. The van der Waals surface area contributed by atoms with E-state index < -0.39 is 21.6 Å². The van der Waals surface area contributed by atoms with Crippen molar-refractivity contribution in [3.63, 3.8) is 0 Å². The summed E-state index contributed by atoms with van der Waals surface area (Å²) in [5.74, 6) is -0.702. The molecule has 4 aromatic carbocycles. The van der Waals surface area contributed by atoms with Crippen LogP contribution < -0.4 is 20.5 Å². The highest BCUT2D eigenvalue weighted by atomic mass is 35.5. The van der Waals surface area contributed by atoms with E-state index in [1.165, 1.54) is 41.3 Å². The van der Waals surface area contributed by atoms with Crippen molar-refractivity contribution in [1.82, 2.24) is 0 Å². The molecule has 2 heterocycles. The van der Waals surface area contributed by atoms with Gasteiger partial charge in [0.25, 0.3) is 0 Å². The molecule has 0 saturated heterocycles. The van der Waals surface area contributed by atoms with Gasteiger partial charge in [-0.05, 0) is 48.6 Å². The molecule has 4 aromatic rings. The molecule has 40 heavy (non-hydrogen) atoms. The molecule has 1 atom stereocenters. The van der Waals surface area contributed by atoms with Gasteiger partial charge in [0, 0.05) is 29.3 Å². The smallest absolute Gasteiger partial charge is 0.340 e. The van der Waals surface area contributed by atoms with Gasteiger partial charge in [-0.15, -0.1) is 0 Å². The lowest BCUT2D eigenvalue weighted by atomic mass is 9.76. The zero-order chi connectivity index (χ0) is 28.6. The van der Waals surface area contributed by atoms with E-state index in [0.29, 0.717) is 16.7 Å². The molecule has 10 nitrogen and oxygen atoms in total. The third kappa shape index (κ3) is 3.76. The highest BCUT2D eigenvalue weighted by Crippen LogP contribution is 2.60. The normalized spacial score (nSPS) is 16.9. The SMILES string of the molecule is NC(=S)N(c1ccc(S(N)(=O)=O)cc1Cl)c1cc(O)cc2c1C1(OC(=O)c3ccccc31)c1ccc(O)cc1O2. The summed E-state index contributed by atoms with van der Waals surface area (Å²) in [6.07, 6.45) is 0. The maximum Gasteiger partial charge on any atom is 0.340 e. The van der Waals surface area contributed by atoms with Crippen LogP contribution in [0, 0.1) is 0 Å². The van der Waals surface area contributed by atoms with Crippen LogP contribution in [0.4, 0.5) is 11.4 Å². The number of ether oxygens (including phenoxy) is 2. The first-order valence-corrected chi connectivity index (χ1v) is 13.9. The molecular formula is C27H18ClN3O7S2. The maximum atomic E-state index is 13.2. The van der Waals surface area contributed by atoms with Crippen molar-refractivity contribution in [2.45, 2.75) is 10.5 Å². The highest BCUT2D eigenvalue weighted by Gasteiger charge is 2.55. The van der Waals surface area contributed by atoms with E-state index in [4.69, 9.17) is 44.2 Å². The number of hydrogen-bond acceptors (Lipinski definition) is 8. The quantitative estimate of drug-likeness (QED) is 0.198. The number of phenols is 2. The number of hydrogen-bond donors (Lipinski definition) is 4. The van der Waals surface area contributed by atoms with Crippen LogP contribution in [0.5, 0.6) is 23.0 Å². The summed E-state index contributed by atoms with van der Waals surface area (Å²) >= 11 is 11.9. The molecule has 0 amide bonds. The molecule has 1 unspecified atom stereocenters. The van der Waals surface area contributed by atoms with Crippen molar-refractivity contribution < 1.29 is 32.9 Å². The summed E-state index contributed by atoms with van der Waals surface area (Å²) in [7, 11) is -4.07. The minimum absolute atomic E-state index is 0.0728. The van der Waals surface area contributed by atoms with E-state index in [1.54, 1.807) is 30.3 Å². The second-order valence-corrected chi connectivity index (χ2v) is 11.5. The molecular weight excluding hydrogens is 578 g/mol. The van der Waals surface area contributed by atoms with Gasteiger partial charge in [-0.25, -0.2) is 18.4 Å². The fourth-order valence-electron chi connectivity index (χ4n) is 5.15. The van der Waals surface area contributed by atoms with E-state index >= 15 is 0 Å². The lowest BCUT2D eigenvalue weighted by Crippen LogP contribution is -2.38. The number of rotatable bonds is 3. The number of primary sulfonamides is 1. The lowest BCUT2D eigenvalue weighted by Gasteiger charge is -2.39. The van der Waals surface area contributed by atoms with Crippen LogP contribution in [-0.4, -0.2) is 29.7 Å². The largest absolute Gasteiger partial charge is 0.508 e. The number of aromatic hydroxyl groups is 2. The summed E-state index contributed by atoms with van der Waals surface area (Å²) in [5.41, 5.74) is 6.27. The number of nitrogens with two attached hydrogens (primary N) is 2. The Kier molecular flexibility index (Phi) is 5.71. The monoisotopic (exact) mass is 595 g/mol. The molecule has 202 valence electrons. The number of esters is 1. The third-order valence-corrected chi connectivity index (χ3v) is 8.10. The Balaban J connectivity index is 1.70. The summed E-state index contributed by atoms with van der Waals surface area (Å²) < 4.78 is 36.1. The van der Waals surface area contributed by atoms with Gasteiger partial charge in [-0.2, -0.15) is 0 Å². The van der Waals surface area contributed by atoms with Crippen molar-refractivity contribution in [3.05, 3.63) is 100 Å². The molecule has 0 aromatic heterocycles. The van der Waals surface area contributed by atoms with Crippen molar-refractivity contribution in [2.75, 3.05) is 4.90 Å². The summed E-state index contributed by atoms with van der Waals surface area (Å²) in [5, 5.41) is 25.9. The van der Waals surface area contributed by atoms with E-state index in [-0.39, 0.29) is 55.0 Å². The first-order valence-electron chi connectivity index (χ1n) is 11.6. The summed E-state index contributed by atoms with van der Waals surface area (Å²) in [6.45, 7) is 0. The molecule has 2 aliphatic heterocycles. The van der Waals surface area contributed by atoms with Gasteiger partial charge in [0.2, 0.25) is 10.0 Å². The summed E-state index contributed by atoms with van der Waals surface area (Å²) in [4.78, 5) is 14.3. The number of fused-ring (bicyclic) bond motifs is 6. The average molecular weight is 596 g/mol. The fraction of sp³-hybridized carbons (Fsp3) is 0.0370. The van der Waals surface area contributed by atoms with Crippen LogP contribution in [0.1, 0.15) is 27.0 Å². The van der Waals surface area contributed by atoms with Crippen LogP contribution in [0.15, 0.2) is 77.7 Å². The Labute approximate surface area is 238 Å². The van der Waals surface area contributed by atoms with E-state index in [9.17, 15) is 23.4 Å². The zero-order valence-corrected chi connectivity index (χ0v) is 22.5. The molecule has 13 heteroatoms. The van der Waals surface area contributed by atoms with E-state index in [0.717, 1.165) is 6.07 Å². The van der Waals surface area contributed by atoms with Crippen LogP contribution in [0.2, 0.25) is 5.02 Å². The molecule has 0 saturated carbocycles. The number of phenolic OH excluding ortho intramolecular Hbond substituents is 2. The Morgan fingerprint density at radius 1 is 0.925 bits per heavy atom. The first-order chi connectivity index (χ1) is 18.9. The van der Waals surface area contributed by atoms with Crippen LogP contribution in [-0.2, 0) is 20.4 Å². The molecule has 0 fully saturated rings. The number of benzene rings is 4. The first kappa shape index (κ1) is 25.9. The van der Waals surface area contributed by atoms with Gasteiger partial charge < -0.3 is 25.4 Å². The molecule has 0 radical (unpaired) electrons. The molecule has 2 aliphatic rings.